The Labute approximate surface area is 44.5 Å². The van der Waals surface area contributed by atoms with Crippen LogP contribution in [-0.4, -0.2) is 11.0 Å². The van der Waals surface area contributed by atoms with Crippen LogP contribution < -0.4 is 19.0 Å². The van der Waals surface area contributed by atoms with Gasteiger partial charge in [-0.15, -0.1) is 0 Å². The maximum absolute atomic E-state index is 4.77. The number of nitrogens with two attached hydrogens (primary N) is 4. The van der Waals surface area contributed by atoms with Gasteiger partial charge < -0.3 is 11.0 Å². The van der Waals surface area contributed by atoms with E-state index in [4.69, 9.17) is 19.0 Å². The Bertz CT molecular complexity index is 25.2. The van der Waals surface area contributed by atoms with Crippen LogP contribution in [0.25, 0.3) is 0 Å². The second-order valence-corrected chi connectivity index (χ2v) is 2.49. The third-order valence-corrected chi connectivity index (χ3v) is 0. The van der Waals surface area contributed by atoms with Crippen molar-refractivity contribution in [3.05, 3.63) is 0 Å². The first-order chi connectivity index (χ1) is 2.00. The maximum atomic E-state index is 4.77. The second-order valence-electron chi connectivity index (χ2n) is 0.603. The fraction of sp³-hybridized carbons (Fsp3) is 0. The van der Waals surface area contributed by atoms with E-state index in [1.165, 1.54) is 0 Å². The molecule has 0 aliphatic heterocycles. The van der Waals surface area contributed by atoms with Gasteiger partial charge in [0, 0.05) is 0 Å². The van der Waals surface area contributed by atoms with E-state index in [1.807, 2.05) is 0 Å². The van der Waals surface area contributed by atoms with Crippen molar-refractivity contribution in [2.24, 2.45) is 19.0 Å². The van der Waals surface area contributed by atoms with Crippen LogP contribution in [0.15, 0.2) is 0 Å². The molecule has 0 aromatic carbocycles. The quantitative estimate of drug-likeness (QED) is 0.267. The summed E-state index contributed by atoms with van der Waals surface area (Å²) in [5.41, 5.74) is 0. The molecule has 0 bridgehead atoms. The van der Waals surface area contributed by atoms with Crippen LogP contribution >= 0.6 is 0 Å². The molecule has 6 nitrogen and oxygen atoms in total. The fourth-order valence-corrected chi connectivity index (χ4v) is 0. The standard InChI is InChI=1S/Cu.4H2N.2H2O/h;6*1H2/q+4;4*-1;;. The Morgan fingerprint density at radius 3 is 0.714 bits per heavy atom. The summed E-state index contributed by atoms with van der Waals surface area (Å²) in [6, 6.07) is 0. The van der Waals surface area contributed by atoms with E-state index in [1.54, 1.807) is 0 Å². The molecule has 0 aromatic heterocycles. The summed E-state index contributed by atoms with van der Waals surface area (Å²) in [6.45, 7) is 0. The third-order valence-electron chi connectivity index (χ3n) is 0. The van der Waals surface area contributed by atoms with E-state index in [2.05, 4.69) is 0 Å². The molecule has 0 radical (unpaired) electrons. The van der Waals surface area contributed by atoms with E-state index >= 15 is 0 Å². The van der Waals surface area contributed by atoms with Crippen molar-refractivity contribution in [3.63, 3.8) is 0 Å². The van der Waals surface area contributed by atoms with Crippen molar-refractivity contribution in [1.29, 1.82) is 0 Å². The van der Waals surface area contributed by atoms with Gasteiger partial charge in [-0.1, -0.05) is 0 Å². The summed E-state index contributed by atoms with van der Waals surface area (Å²) in [5.74, 6) is 0. The fourth-order valence-electron chi connectivity index (χ4n) is 0. The van der Waals surface area contributed by atoms with Crippen LogP contribution in [0, 0.1) is 0 Å². The van der Waals surface area contributed by atoms with Crippen LogP contribution in [-0.2, 0) is 13.7 Å². The SMILES string of the molecule is O.O.[NH2][Cu]([NH2])([NH2])[NH2]. The van der Waals surface area contributed by atoms with Crippen LogP contribution in [0.4, 0.5) is 0 Å². The molecule has 0 amide bonds. The Hall–Kier alpha value is 0.279. The van der Waals surface area contributed by atoms with Crippen molar-refractivity contribution >= 4 is 0 Å². The van der Waals surface area contributed by atoms with Gasteiger partial charge in [0.15, 0.2) is 0 Å². The van der Waals surface area contributed by atoms with E-state index in [0.717, 1.165) is 0 Å². The van der Waals surface area contributed by atoms with Gasteiger partial charge in [0.05, 0.1) is 0 Å². The minimum absolute atomic E-state index is 0. The summed E-state index contributed by atoms with van der Waals surface area (Å²) in [5, 5.41) is 0. The topological polar surface area (TPSA) is 167 Å². The zero-order chi connectivity index (χ0) is 4.50. The molecule has 0 spiro atoms. The molecule has 0 atom stereocenters. The molecule has 55 valence electrons. The third kappa shape index (κ3) is 1470. The first kappa shape index (κ1) is 15.7. The van der Waals surface area contributed by atoms with Gasteiger partial charge in [0.1, 0.15) is 0 Å². The van der Waals surface area contributed by atoms with Crippen LogP contribution in [0.1, 0.15) is 0 Å². The molecule has 7 heteroatoms. The van der Waals surface area contributed by atoms with Gasteiger partial charge in [0.25, 0.3) is 0 Å². The molecule has 0 aliphatic carbocycles. The average Bonchev–Trinajstić information content (AvgIpc) is 0.722. The molecule has 0 fully saturated rings. The average molecular weight is 164 g/mol. The zero-order valence-electron chi connectivity index (χ0n) is 3.61. The molecular weight excluding hydrogens is 152 g/mol. The Balaban J connectivity index is -0.0000000800. The minimum atomic E-state index is -2.12. The first-order valence-corrected chi connectivity index (χ1v) is 2.87. The molecule has 0 heterocycles. The molecular formula is H12CuN4O2. The normalized spacial score (nSPS) is 10.9. The summed E-state index contributed by atoms with van der Waals surface area (Å²) >= 11 is -2.12. The van der Waals surface area contributed by atoms with Crippen molar-refractivity contribution in [2.75, 3.05) is 0 Å². The predicted octanol–water partition coefficient (Wildman–Crippen LogP) is -4.01. The summed E-state index contributed by atoms with van der Waals surface area (Å²) in [4.78, 5) is 0. The number of hydrogen-bond donors (Lipinski definition) is 4. The van der Waals surface area contributed by atoms with Crippen LogP contribution in [0.3, 0.4) is 0 Å². The van der Waals surface area contributed by atoms with Crippen molar-refractivity contribution < 1.29 is 24.7 Å². The summed E-state index contributed by atoms with van der Waals surface area (Å²) in [6.07, 6.45) is 0. The Morgan fingerprint density at radius 1 is 0.714 bits per heavy atom. The van der Waals surface area contributed by atoms with E-state index in [-0.39, 0.29) is 11.0 Å². The van der Waals surface area contributed by atoms with Crippen molar-refractivity contribution in [2.45, 2.75) is 0 Å². The van der Waals surface area contributed by atoms with Gasteiger partial charge in [-0.3, -0.25) is 0 Å². The number of rotatable bonds is 0. The molecule has 0 unspecified atom stereocenters. The van der Waals surface area contributed by atoms with Gasteiger partial charge in [-0.05, 0) is 0 Å². The molecule has 0 saturated heterocycles. The zero-order valence-corrected chi connectivity index (χ0v) is 4.55. The Kier molecular flexibility index (Phi) is 9.94. The van der Waals surface area contributed by atoms with Gasteiger partial charge in [-0.25, -0.2) is 0 Å². The van der Waals surface area contributed by atoms with Crippen LogP contribution in [0.2, 0.25) is 0 Å². The van der Waals surface area contributed by atoms with E-state index in [0.29, 0.717) is 0 Å². The van der Waals surface area contributed by atoms with Gasteiger partial charge in [-0.2, -0.15) is 0 Å². The van der Waals surface area contributed by atoms with Gasteiger partial charge in [0.2, 0.25) is 0 Å². The molecule has 0 aliphatic rings. The molecule has 0 saturated carbocycles. The molecule has 7 heavy (non-hydrogen) atoms. The second kappa shape index (κ2) is 4.44. The monoisotopic (exact) mass is 163 g/mol. The van der Waals surface area contributed by atoms with Crippen LogP contribution in [0.5, 0.6) is 0 Å². The van der Waals surface area contributed by atoms with Gasteiger partial charge >= 0.3 is 32.7 Å². The molecule has 0 rings (SSSR count). The van der Waals surface area contributed by atoms with Crippen molar-refractivity contribution in [3.8, 4) is 0 Å². The summed E-state index contributed by atoms with van der Waals surface area (Å²) in [7, 11) is 0. The van der Waals surface area contributed by atoms with E-state index in [9.17, 15) is 0 Å². The van der Waals surface area contributed by atoms with Crippen molar-refractivity contribution in [1.82, 2.24) is 0 Å². The Morgan fingerprint density at radius 2 is 0.714 bits per heavy atom. The molecule has 12 N–H and O–H groups in total. The summed E-state index contributed by atoms with van der Waals surface area (Å²) < 4.78 is 19.1. The van der Waals surface area contributed by atoms with E-state index < -0.39 is 13.7 Å². The first-order valence-electron chi connectivity index (χ1n) is 0.696. The molecule has 0 aromatic rings. The number of hydrogen-bond acceptors (Lipinski definition) is 4. The predicted molar refractivity (Wildman–Crippen MR) is 24.0 cm³/mol.